The molecule has 0 aliphatic carbocycles. The van der Waals surface area contributed by atoms with Crippen LogP contribution in [0.5, 0.6) is 0 Å². The highest BCUT2D eigenvalue weighted by atomic mass is 35.5. The Morgan fingerprint density at radius 2 is 1.96 bits per heavy atom. The summed E-state index contributed by atoms with van der Waals surface area (Å²) in [4.78, 5) is 26.4. The third-order valence-electron chi connectivity index (χ3n) is 3.70. The lowest BCUT2D eigenvalue weighted by atomic mass is 10.1. The maximum atomic E-state index is 12.2. The number of carbonyl (C=O) groups excluding carboxylic acids is 2. The third kappa shape index (κ3) is 4.81. The number of rotatable bonds is 6. The second-order valence-electron chi connectivity index (χ2n) is 5.22. The van der Waals surface area contributed by atoms with E-state index in [1.807, 2.05) is 42.6 Å². The molecule has 0 bridgehead atoms. The van der Waals surface area contributed by atoms with Gasteiger partial charge >= 0.3 is 0 Å². The van der Waals surface area contributed by atoms with Crippen LogP contribution in [0.1, 0.15) is 34.6 Å². The van der Waals surface area contributed by atoms with E-state index in [0.717, 1.165) is 5.56 Å². The smallest absolute Gasteiger partial charge is 0.261 e. The number of carbonyl (C=O) groups is 2. The van der Waals surface area contributed by atoms with Gasteiger partial charge in [-0.1, -0.05) is 29.8 Å². The standard InChI is InChI=1S/C17H19ClN2O2S/c1-12(13-5-7-14(18)8-6-13)20(2)16(21)9-10-19-17(22)15-4-3-11-23-15/h3-8,11-12H,9-10H2,1-2H3,(H,19,22). The van der Waals surface area contributed by atoms with Crippen molar-refractivity contribution in [1.29, 1.82) is 0 Å². The predicted octanol–water partition coefficient (Wildman–Crippen LogP) is 3.74. The van der Waals surface area contributed by atoms with Crippen LogP contribution in [-0.4, -0.2) is 30.3 Å². The molecule has 23 heavy (non-hydrogen) atoms. The minimum absolute atomic E-state index is 0.0149. The Hall–Kier alpha value is -1.85. The van der Waals surface area contributed by atoms with Crippen molar-refractivity contribution >= 4 is 34.8 Å². The fraction of sp³-hybridized carbons (Fsp3) is 0.294. The highest BCUT2D eigenvalue weighted by Gasteiger charge is 2.17. The van der Waals surface area contributed by atoms with Gasteiger partial charge < -0.3 is 10.2 Å². The van der Waals surface area contributed by atoms with Crippen molar-refractivity contribution in [2.75, 3.05) is 13.6 Å². The molecule has 0 aliphatic heterocycles. The van der Waals surface area contributed by atoms with E-state index >= 15 is 0 Å². The van der Waals surface area contributed by atoms with Crippen LogP contribution >= 0.6 is 22.9 Å². The van der Waals surface area contributed by atoms with Gasteiger partial charge in [0.25, 0.3) is 5.91 Å². The first kappa shape index (κ1) is 17.5. The van der Waals surface area contributed by atoms with Crippen molar-refractivity contribution in [3.05, 3.63) is 57.2 Å². The van der Waals surface area contributed by atoms with Gasteiger partial charge in [0.15, 0.2) is 0 Å². The molecule has 1 aromatic carbocycles. The number of benzene rings is 1. The average Bonchev–Trinajstić information content (AvgIpc) is 3.08. The van der Waals surface area contributed by atoms with Gasteiger partial charge in [-0.05, 0) is 36.1 Å². The lowest BCUT2D eigenvalue weighted by Crippen LogP contribution is -2.33. The summed E-state index contributed by atoms with van der Waals surface area (Å²) >= 11 is 7.26. The summed E-state index contributed by atoms with van der Waals surface area (Å²) in [6, 6.07) is 11.0. The summed E-state index contributed by atoms with van der Waals surface area (Å²) in [7, 11) is 1.77. The molecular weight excluding hydrogens is 332 g/mol. The topological polar surface area (TPSA) is 49.4 Å². The summed E-state index contributed by atoms with van der Waals surface area (Å²) in [5.74, 6) is -0.153. The van der Waals surface area contributed by atoms with E-state index in [1.165, 1.54) is 11.3 Å². The Morgan fingerprint density at radius 3 is 2.57 bits per heavy atom. The van der Waals surface area contributed by atoms with Crippen LogP contribution in [0.4, 0.5) is 0 Å². The summed E-state index contributed by atoms with van der Waals surface area (Å²) in [6.45, 7) is 2.29. The van der Waals surface area contributed by atoms with Crippen molar-refractivity contribution in [1.82, 2.24) is 10.2 Å². The largest absolute Gasteiger partial charge is 0.351 e. The van der Waals surface area contributed by atoms with E-state index < -0.39 is 0 Å². The molecule has 1 unspecified atom stereocenters. The molecule has 0 saturated heterocycles. The molecule has 0 fully saturated rings. The fourth-order valence-corrected chi connectivity index (χ4v) is 2.90. The van der Waals surface area contributed by atoms with Crippen molar-refractivity contribution in [3.8, 4) is 0 Å². The Bertz CT molecular complexity index is 656. The van der Waals surface area contributed by atoms with Gasteiger partial charge in [-0.3, -0.25) is 9.59 Å². The first-order valence-corrected chi connectivity index (χ1v) is 8.57. The van der Waals surface area contributed by atoms with Gasteiger partial charge in [0.05, 0.1) is 10.9 Å². The van der Waals surface area contributed by atoms with E-state index in [1.54, 1.807) is 18.0 Å². The normalized spacial score (nSPS) is 11.8. The molecule has 0 saturated carbocycles. The van der Waals surface area contributed by atoms with Crippen LogP contribution in [0.2, 0.25) is 5.02 Å². The zero-order chi connectivity index (χ0) is 16.8. The molecule has 2 rings (SSSR count). The lowest BCUT2D eigenvalue weighted by Gasteiger charge is -2.25. The number of amides is 2. The van der Waals surface area contributed by atoms with Gasteiger partial charge in [-0.25, -0.2) is 0 Å². The summed E-state index contributed by atoms with van der Waals surface area (Å²) in [5, 5.41) is 5.28. The molecule has 122 valence electrons. The second-order valence-corrected chi connectivity index (χ2v) is 6.60. The van der Waals surface area contributed by atoms with Gasteiger partial charge in [-0.15, -0.1) is 11.3 Å². The first-order chi connectivity index (χ1) is 11.0. The van der Waals surface area contributed by atoms with E-state index in [0.29, 0.717) is 16.4 Å². The van der Waals surface area contributed by atoms with E-state index in [-0.39, 0.29) is 24.3 Å². The fourth-order valence-electron chi connectivity index (χ4n) is 2.14. The van der Waals surface area contributed by atoms with Crippen LogP contribution in [0, 0.1) is 0 Å². The molecular formula is C17H19ClN2O2S. The van der Waals surface area contributed by atoms with Crippen LogP contribution in [-0.2, 0) is 4.79 Å². The van der Waals surface area contributed by atoms with Crippen LogP contribution in [0.15, 0.2) is 41.8 Å². The Labute approximate surface area is 145 Å². The number of hydrogen-bond acceptors (Lipinski definition) is 3. The summed E-state index contributed by atoms with van der Waals surface area (Å²) in [5.41, 5.74) is 1.02. The zero-order valence-corrected chi connectivity index (χ0v) is 14.7. The SMILES string of the molecule is CC(c1ccc(Cl)cc1)N(C)C(=O)CCNC(=O)c1cccs1. The van der Waals surface area contributed by atoms with Gasteiger partial charge in [0, 0.05) is 25.0 Å². The van der Waals surface area contributed by atoms with Gasteiger partial charge in [0.2, 0.25) is 5.91 Å². The number of halogens is 1. The molecule has 1 atom stereocenters. The van der Waals surface area contributed by atoms with Crippen molar-refractivity contribution in [3.63, 3.8) is 0 Å². The molecule has 0 aliphatic rings. The number of nitrogens with zero attached hydrogens (tertiary/aromatic N) is 1. The van der Waals surface area contributed by atoms with Crippen LogP contribution in [0.25, 0.3) is 0 Å². The maximum absolute atomic E-state index is 12.2. The predicted molar refractivity (Wildman–Crippen MR) is 93.9 cm³/mol. The number of thiophene rings is 1. The first-order valence-electron chi connectivity index (χ1n) is 7.32. The minimum atomic E-state index is -0.138. The molecule has 1 heterocycles. The number of hydrogen-bond donors (Lipinski definition) is 1. The molecule has 1 N–H and O–H groups in total. The van der Waals surface area contributed by atoms with E-state index in [2.05, 4.69) is 5.32 Å². The monoisotopic (exact) mass is 350 g/mol. The molecule has 1 aromatic heterocycles. The molecule has 6 heteroatoms. The van der Waals surface area contributed by atoms with E-state index in [4.69, 9.17) is 11.6 Å². The van der Waals surface area contributed by atoms with Gasteiger partial charge in [0.1, 0.15) is 0 Å². The molecule has 0 radical (unpaired) electrons. The molecule has 2 amide bonds. The number of nitrogens with one attached hydrogen (secondary N) is 1. The van der Waals surface area contributed by atoms with E-state index in [9.17, 15) is 9.59 Å². The minimum Gasteiger partial charge on any atom is -0.351 e. The van der Waals surface area contributed by atoms with Gasteiger partial charge in [-0.2, -0.15) is 0 Å². The quantitative estimate of drug-likeness (QED) is 0.862. The van der Waals surface area contributed by atoms with Crippen LogP contribution < -0.4 is 5.32 Å². The van der Waals surface area contributed by atoms with Crippen molar-refractivity contribution < 1.29 is 9.59 Å². The van der Waals surface area contributed by atoms with Crippen LogP contribution in [0.3, 0.4) is 0 Å². The highest BCUT2D eigenvalue weighted by Crippen LogP contribution is 2.21. The Balaban J connectivity index is 1.82. The summed E-state index contributed by atoms with van der Waals surface area (Å²) in [6.07, 6.45) is 0.269. The molecule has 4 nitrogen and oxygen atoms in total. The molecule has 2 aromatic rings. The highest BCUT2D eigenvalue weighted by molar-refractivity contribution is 7.12. The Kier molecular flexibility index (Phi) is 6.19. The second kappa shape index (κ2) is 8.13. The summed E-state index contributed by atoms with van der Waals surface area (Å²) < 4.78 is 0. The Morgan fingerprint density at radius 1 is 1.26 bits per heavy atom. The lowest BCUT2D eigenvalue weighted by molar-refractivity contribution is -0.131. The maximum Gasteiger partial charge on any atom is 0.261 e. The zero-order valence-electron chi connectivity index (χ0n) is 13.1. The average molecular weight is 351 g/mol. The van der Waals surface area contributed by atoms with Crippen molar-refractivity contribution in [2.24, 2.45) is 0 Å². The van der Waals surface area contributed by atoms with Crippen molar-refractivity contribution in [2.45, 2.75) is 19.4 Å². The third-order valence-corrected chi connectivity index (χ3v) is 4.82. The molecule has 0 spiro atoms.